The molecular formula is C16H32N2O3. The van der Waals surface area contributed by atoms with Crippen LogP contribution in [0.25, 0.3) is 0 Å². The van der Waals surface area contributed by atoms with Crippen LogP contribution in [0, 0.1) is 5.92 Å². The molecule has 1 aliphatic heterocycles. The number of hydrogen-bond acceptors (Lipinski definition) is 5. The van der Waals surface area contributed by atoms with Gasteiger partial charge in [-0.3, -0.25) is 4.79 Å². The Morgan fingerprint density at radius 2 is 2.19 bits per heavy atom. The summed E-state index contributed by atoms with van der Waals surface area (Å²) in [5.74, 6) is 0.499. The summed E-state index contributed by atoms with van der Waals surface area (Å²) in [6.07, 6.45) is 2.98. The highest BCUT2D eigenvalue weighted by Crippen LogP contribution is 2.20. The van der Waals surface area contributed by atoms with Crippen molar-refractivity contribution >= 4 is 5.97 Å². The van der Waals surface area contributed by atoms with E-state index in [1.165, 1.54) is 6.42 Å². The molecule has 0 aromatic heterocycles. The Bertz CT molecular complexity index is 312. The average molecular weight is 300 g/mol. The van der Waals surface area contributed by atoms with Crippen LogP contribution in [0.2, 0.25) is 0 Å². The van der Waals surface area contributed by atoms with Crippen LogP contribution in [0.15, 0.2) is 0 Å². The van der Waals surface area contributed by atoms with E-state index < -0.39 is 5.54 Å². The van der Waals surface area contributed by atoms with Crippen molar-refractivity contribution in [3.63, 3.8) is 0 Å². The van der Waals surface area contributed by atoms with Crippen LogP contribution < -0.4 is 5.32 Å². The Morgan fingerprint density at radius 3 is 2.81 bits per heavy atom. The lowest BCUT2D eigenvalue weighted by Crippen LogP contribution is -2.52. The molecule has 1 fully saturated rings. The van der Waals surface area contributed by atoms with Crippen molar-refractivity contribution in [2.24, 2.45) is 5.92 Å². The Kier molecular flexibility index (Phi) is 8.22. The largest absolute Gasteiger partial charge is 0.465 e. The fourth-order valence-electron chi connectivity index (χ4n) is 2.82. The summed E-state index contributed by atoms with van der Waals surface area (Å²) in [6.45, 7) is 11.1. The molecule has 1 N–H and O–H groups in total. The van der Waals surface area contributed by atoms with Crippen molar-refractivity contribution in [3.05, 3.63) is 0 Å². The third-order valence-electron chi connectivity index (χ3n) is 4.19. The van der Waals surface area contributed by atoms with Crippen molar-refractivity contribution in [3.8, 4) is 0 Å². The molecule has 5 heteroatoms. The third-order valence-corrected chi connectivity index (χ3v) is 4.19. The maximum Gasteiger partial charge on any atom is 0.326 e. The van der Waals surface area contributed by atoms with Crippen molar-refractivity contribution in [1.82, 2.24) is 10.2 Å². The molecule has 0 bridgehead atoms. The maximum atomic E-state index is 12.2. The second kappa shape index (κ2) is 9.38. The first-order chi connectivity index (χ1) is 10.1. The molecule has 1 aliphatic rings. The van der Waals surface area contributed by atoms with E-state index in [2.05, 4.69) is 17.1 Å². The molecule has 0 spiro atoms. The van der Waals surface area contributed by atoms with Crippen LogP contribution in [0.4, 0.5) is 0 Å². The van der Waals surface area contributed by atoms with Crippen molar-refractivity contribution in [2.45, 2.75) is 45.6 Å². The lowest BCUT2D eigenvalue weighted by molar-refractivity contribution is -0.151. The average Bonchev–Trinajstić information content (AvgIpc) is 2.91. The molecule has 1 rings (SSSR count). The first kappa shape index (κ1) is 18.4. The quantitative estimate of drug-likeness (QED) is 0.622. The van der Waals surface area contributed by atoms with E-state index in [1.54, 1.807) is 7.11 Å². The second-order valence-electron chi connectivity index (χ2n) is 6.14. The molecule has 1 saturated heterocycles. The molecule has 0 radical (unpaired) electrons. The Balaban J connectivity index is 2.47. The summed E-state index contributed by atoms with van der Waals surface area (Å²) in [4.78, 5) is 14.6. The number of nitrogens with one attached hydrogen (secondary N) is 1. The van der Waals surface area contributed by atoms with E-state index in [0.717, 1.165) is 45.6 Å². The minimum atomic E-state index is -0.578. The van der Waals surface area contributed by atoms with Gasteiger partial charge in [-0.05, 0) is 52.1 Å². The van der Waals surface area contributed by atoms with Crippen LogP contribution >= 0.6 is 0 Å². The molecule has 124 valence electrons. The summed E-state index contributed by atoms with van der Waals surface area (Å²) in [5, 5.41) is 3.36. The number of carbonyl (C=O) groups excluding carboxylic acids is 1. The number of rotatable bonds is 10. The van der Waals surface area contributed by atoms with Crippen molar-refractivity contribution in [2.75, 3.05) is 46.5 Å². The molecule has 2 unspecified atom stereocenters. The van der Waals surface area contributed by atoms with Gasteiger partial charge in [0, 0.05) is 20.2 Å². The lowest BCUT2D eigenvalue weighted by Gasteiger charge is -2.30. The van der Waals surface area contributed by atoms with E-state index in [9.17, 15) is 4.79 Å². The predicted molar refractivity (Wildman–Crippen MR) is 84.4 cm³/mol. The number of carbonyl (C=O) groups is 1. The van der Waals surface area contributed by atoms with E-state index in [0.29, 0.717) is 12.5 Å². The van der Waals surface area contributed by atoms with Crippen molar-refractivity contribution in [1.29, 1.82) is 0 Å². The highest BCUT2D eigenvalue weighted by Gasteiger charge is 2.35. The van der Waals surface area contributed by atoms with E-state index in [1.807, 2.05) is 13.8 Å². The van der Waals surface area contributed by atoms with Gasteiger partial charge >= 0.3 is 5.97 Å². The van der Waals surface area contributed by atoms with Gasteiger partial charge < -0.3 is 19.7 Å². The van der Waals surface area contributed by atoms with Gasteiger partial charge in [-0.15, -0.1) is 0 Å². The lowest BCUT2D eigenvalue weighted by atomic mass is 9.97. The summed E-state index contributed by atoms with van der Waals surface area (Å²) in [7, 11) is 1.76. The summed E-state index contributed by atoms with van der Waals surface area (Å²) in [5.41, 5.74) is -0.578. The Labute approximate surface area is 129 Å². The minimum absolute atomic E-state index is 0.133. The first-order valence-electron chi connectivity index (χ1n) is 8.19. The van der Waals surface area contributed by atoms with Crippen LogP contribution in [0.5, 0.6) is 0 Å². The topological polar surface area (TPSA) is 50.8 Å². The third kappa shape index (κ3) is 5.93. The van der Waals surface area contributed by atoms with Crippen LogP contribution in [0.3, 0.4) is 0 Å². The van der Waals surface area contributed by atoms with Gasteiger partial charge in [-0.2, -0.15) is 0 Å². The molecular weight excluding hydrogens is 268 g/mol. The number of ether oxygens (including phenoxy) is 2. The monoisotopic (exact) mass is 300 g/mol. The normalized spacial score (nSPS) is 22.2. The zero-order valence-corrected chi connectivity index (χ0v) is 14.1. The van der Waals surface area contributed by atoms with Gasteiger partial charge in [0.05, 0.1) is 13.2 Å². The Morgan fingerprint density at radius 1 is 1.43 bits per heavy atom. The molecule has 0 aliphatic carbocycles. The van der Waals surface area contributed by atoms with Crippen LogP contribution in [-0.2, 0) is 14.3 Å². The highest BCUT2D eigenvalue weighted by atomic mass is 16.5. The van der Waals surface area contributed by atoms with Gasteiger partial charge in [0.1, 0.15) is 5.54 Å². The Hall–Kier alpha value is -0.650. The van der Waals surface area contributed by atoms with Gasteiger partial charge in [-0.25, -0.2) is 0 Å². The fourth-order valence-corrected chi connectivity index (χ4v) is 2.82. The number of hydrogen-bond donors (Lipinski definition) is 1. The van der Waals surface area contributed by atoms with Crippen LogP contribution in [-0.4, -0.2) is 62.9 Å². The van der Waals surface area contributed by atoms with Gasteiger partial charge in [0.2, 0.25) is 0 Å². The standard InChI is InChI=1S/C16H32N2O3/c1-5-9-17-16(3,15(19)21-6-2)8-11-18-10-7-14(12-18)13-20-4/h14,17H,5-13H2,1-4H3. The van der Waals surface area contributed by atoms with E-state index in [-0.39, 0.29) is 5.97 Å². The number of likely N-dealkylation sites (tertiary alicyclic amines) is 1. The summed E-state index contributed by atoms with van der Waals surface area (Å²) < 4.78 is 10.5. The molecule has 0 saturated carbocycles. The molecule has 0 amide bonds. The molecule has 1 heterocycles. The fraction of sp³-hybridized carbons (Fsp3) is 0.938. The van der Waals surface area contributed by atoms with Gasteiger partial charge in [0.15, 0.2) is 0 Å². The highest BCUT2D eigenvalue weighted by molar-refractivity contribution is 5.80. The predicted octanol–water partition coefficient (Wildman–Crippen LogP) is 1.67. The second-order valence-corrected chi connectivity index (χ2v) is 6.14. The first-order valence-corrected chi connectivity index (χ1v) is 8.19. The summed E-state index contributed by atoms with van der Waals surface area (Å²) in [6, 6.07) is 0. The molecule has 21 heavy (non-hydrogen) atoms. The SMILES string of the molecule is CCCNC(C)(CCN1CCC(COC)C1)C(=O)OCC. The van der Waals surface area contributed by atoms with E-state index in [4.69, 9.17) is 9.47 Å². The molecule has 2 atom stereocenters. The van der Waals surface area contributed by atoms with E-state index >= 15 is 0 Å². The minimum Gasteiger partial charge on any atom is -0.465 e. The zero-order valence-electron chi connectivity index (χ0n) is 14.1. The number of esters is 1. The number of nitrogens with zero attached hydrogens (tertiary/aromatic N) is 1. The maximum absolute atomic E-state index is 12.2. The summed E-state index contributed by atoms with van der Waals surface area (Å²) >= 11 is 0. The van der Waals surface area contributed by atoms with Gasteiger partial charge in [-0.1, -0.05) is 6.92 Å². The molecule has 0 aromatic rings. The smallest absolute Gasteiger partial charge is 0.326 e. The van der Waals surface area contributed by atoms with Crippen LogP contribution in [0.1, 0.15) is 40.0 Å². The molecule has 0 aromatic carbocycles. The molecule has 5 nitrogen and oxygen atoms in total. The zero-order chi connectivity index (χ0) is 15.7. The van der Waals surface area contributed by atoms with Gasteiger partial charge in [0.25, 0.3) is 0 Å². The van der Waals surface area contributed by atoms with Crippen molar-refractivity contribution < 1.29 is 14.3 Å². The number of methoxy groups -OCH3 is 1.